The maximum Gasteiger partial charge on any atom is 0.208 e. The van der Waals surface area contributed by atoms with Crippen molar-refractivity contribution in [3.8, 4) is 0 Å². The van der Waals surface area contributed by atoms with E-state index in [-0.39, 0.29) is 0 Å². The topological polar surface area (TPSA) is 58.2 Å². The number of hydrogen-bond acceptors (Lipinski definition) is 3. The summed E-state index contributed by atoms with van der Waals surface area (Å²) in [5, 5.41) is 3.61. The van der Waals surface area contributed by atoms with Crippen LogP contribution in [0, 0.1) is 23.7 Å². The van der Waals surface area contributed by atoms with Crippen molar-refractivity contribution < 1.29 is 8.42 Å². The van der Waals surface area contributed by atoms with Crippen molar-refractivity contribution in [2.24, 2.45) is 23.7 Å². The lowest BCUT2D eigenvalue weighted by atomic mass is 9.54. The molecule has 4 nitrogen and oxygen atoms in total. The molecule has 4 saturated carbocycles. The van der Waals surface area contributed by atoms with E-state index in [2.05, 4.69) is 10.0 Å². The first-order valence-corrected chi connectivity index (χ1v) is 9.08. The molecule has 18 heavy (non-hydrogen) atoms. The van der Waals surface area contributed by atoms with Crippen LogP contribution >= 0.6 is 0 Å². The Kier molecular flexibility index (Phi) is 3.41. The monoisotopic (exact) mass is 272 g/mol. The van der Waals surface area contributed by atoms with Crippen LogP contribution in [0.3, 0.4) is 0 Å². The molecule has 5 heteroatoms. The first-order chi connectivity index (χ1) is 8.51. The quantitative estimate of drug-likeness (QED) is 0.733. The normalized spacial score (nSPS) is 42.4. The molecule has 4 bridgehead atoms. The van der Waals surface area contributed by atoms with Gasteiger partial charge in [-0.15, -0.1) is 0 Å². The SMILES string of the molecule is CS(=O)(=O)NCCNC1C2CC3CC(C2)CC1C3. The molecule has 4 aliphatic carbocycles. The molecular weight excluding hydrogens is 248 g/mol. The highest BCUT2D eigenvalue weighted by atomic mass is 32.2. The van der Waals surface area contributed by atoms with E-state index in [1.807, 2.05) is 0 Å². The molecule has 2 N–H and O–H groups in total. The predicted octanol–water partition coefficient (Wildman–Crippen LogP) is 0.950. The molecule has 4 fully saturated rings. The molecule has 0 heterocycles. The van der Waals surface area contributed by atoms with Gasteiger partial charge in [-0.25, -0.2) is 13.1 Å². The number of nitrogens with one attached hydrogen (secondary N) is 2. The number of hydrogen-bond donors (Lipinski definition) is 2. The van der Waals surface area contributed by atoms with E-state index in [9.17, 15) is 8.42 Å². The average molecular weight is 272 g/mol. The second kappa shape index (κ2) is 4.76. The van der Waals surface area contributed by atoms with Crippen molar-refractivity contribution in [2.75, 3.05) is 19.3 Å². The molecule has 4 aliphatic rings. The summed E-state index contributed by atoms with van der Waals surface area (Å²) in [6.07, 6.45) is 8.33. The van der Waals surface area contributed by atoms with Gasteiger partial charge in [-0.05, 0) is 55.8 Å². The van der Waals surface area contributed by atoms with Gasteiger partial charge in [0, 0.05) is 19.1 Å². The van der Waals surface area contributed by atoms with E-state index in [1.165, 1.54) is 38.4 Å². The van der Waals surface area contributed by atoms with Crippen LogP contribution in [0.4, 0.5) is 0 Å². The summed E-state index contributed by atoms with van der Waals surface area (Å²) < 4.78 is 24.5. The summed E-state index contributed by atoms with van der Waals surface area (Å²) in [5.41, 5.74) is 0. The maximum absolute atomic E-state index is 11.0. The van der Waals surface area contributed by atoms with Gasteiger partial charge in [0.25, 0.3) is 0 Å². The first kappa shape index (κ1) is 12.9. The highest BCUT2D eigenvalue weighted by molar-refractivity contribution is 7.88. The summed E-state index contributed by atoms with van der Waals surface area (Å²) in [5.74, 6) is 3.72. The smallest absolute Gasteiger partial charge is 0.208 e. The van der Waals surface area contributed by atoms with Crippen LogP contribution in [-0.2, 0) is 10.0 Å². The molecule has 0 unspecified atom stereocenters. The second-order valence-corrected chi connectivity index (χ2v) is 8.41. The van der Waals surface area contributed by atoms with Crippen molar-refractivity contribution >= 4 is 10.0 Å². The zero-order chi connectivity index (χ0) is 12.8. The highest BCUT2D eigenvalue weighted by Gasteiger charge is 2.47. The minimum Gasteiger partial charge on any atom is -0.312 e. The molecule has 0 atom stereocenters. The molecule has 0 aromatic heterocycles. The van der Waals surface area contributed by atoms with Gasteiger partial charge in [-0.2, -0.15) is 0 Å². The van der Waals surface area contributed by atoms with Gasteiger partial charge in [0.2, 0.25) is 10.0 Å². The fourth-order valence-electron chi connectivity index (χ4n) is 4.73. The lowest BCUT2D eigenvalue weighted by Gasteiger charge is -2.54. The predicted molar refractivity (Wildman–Crippen MR) is 71.7 cm³/mol. The van der Waals surface area contributed by atoms with Gasteiger partial charge >= 0.3 is 0 Å². The molecular formula is C13H24N2O2S. The molecule has 0 aliphatic heterocycles. The number of rotatable bonds is 5. The Morgan fingerprint density at radius 1 is 0.944 bits per heavy atom. The third kappa shape index (κ3) is 2.73. The lowest BCUT2D eigenvalue weighted by Crippen LogP contribution is -2.55. The Bertz CT molecular complexity index is 379. The second-order valence-electron chi connectivity index (χ2n) is 6.58. The lowest BCUT2D eigenvalue weighted by molar-refractivity contribution is -0.0132. The van der Waals surface area contributed by atoms with E-state index in [1.54, 1.807) is 0 Å². The molecule has 0 radical (unpaired) electrons. The fraction of sp³-hybridized carbons (Fsp3) is 1.00. The van der Waals surface area contributed by atoms with Gasteiger partial charge < -0.3 is 5.32 Å². The summed E-state index contributed by atoms with van der Waals surface area (Å²) in [4.78, 5) is 0. The molecule has 4 rings (SSSR count). The van der Waals surface area contributed by atoms with Crippen LogP contribution in [0.25, 0.3) is 0 Å². The van der Waals surface area contributed by atoms with E-state index in [0.717, 1.165) is 30.2 Å². The van der Waals surface area contributed by atoms with Crippen LogP contribution in [0.5, 0.6) is 0 Å². The van der Waals surface area contributed by atoms with Crippen molar-refractivity contribution in [2.45, 2.75) is 38.1 Å². The van der Waals surface area contributed by atoms with Crippen LogP contribution in [0.1, 0.15) is 32.1 Å². The third-order valence-electron chi connectivity index (χ3n) is 5.10. The van der Waals surface area contributed by atoms with Crippen LogP contribution in [0.15, 0.2) is 0 Å². The minimum absolute atomic E-state index is 0.516. The van der Waals surface area contributed by atoms with Crippen molar-refractivity contribution in [1.82, 2.24) is 10.0 Å². The highest BCUT2D eigenvalue weighted by Crippen LogP contribution is 2.53. The Hall–Kier alpha value is -0.130. The van der Waals surface area contributed by atoms with Gasteiger partial charge in [0.1, 0.15) is 0 Å². The Morgan fingerprint density at radius 2 is 1.50 bits per heavy atom. The Labute approximate surface area is 110 Å². The Balaban J connectivity index is 1.49. The zero-order valence-electron chi connectivity index (χ0n) is 11.1. The Morgan fingerprint density at radius 3 is 2.00 bits per heavy atom. The van der Waals surface area contributed by atoms with Gasteiger partial charge in [-0.1, -0.05) is 0 Å². The van der Waals surface area contributed by atoms with E-state index < -0.39 is 10.0 Å². The standard InChI is InChI=1S/C13H24N2O2S/c1-18(16,17)15-3-2-14-13-11-5-9-4-10(7-11)8-12(13)6-9/h9-15H,2-8H2,1H3. The maximum atomic E-state index is 11.0. The largest absolute Gasteiger partial charge is 0.312 e. The zero-order valence-corrected chi connectivity index (χ0v) is 11.9. The molecule has 0 aromatic carbocycles. The molecule has 0 aromatic rings. The minimum atomic E-state index is -3.04. The summed E-state index contributed by atoms with van der Waals surface area (Å²) in [6.45, 7) is 1.28. The fourth-order valence-corrected chi connectivity index (χ4v) is 5.21. The van der Waals surface area contributed by atoms with E-state index in [4.69, 9.17) is 0 Å². The van der Waals surface area contributed by atoms with E-state index >= 15 is 0 Å². The molecule has 104 valence electrons. The van der Waals surface area contributed by atoms with Gasteiger partial charge in [-0.3, -0.25) is 0 Å². The first-order valence-electron chi connectivity index (χ1n) is 7.19. The molecule has 0 amide bonds. The van der Waals surface area contributed by atoms with Crippen molar-refractivity contribution in [1.29, 1.82) is 0 Å². The van der Waals surface area contributed by atoms with E-state index in [0.29, 0.717) is 12.6 Å². The average Bonchev–Trinajstić information content (AvgIpc) is 2.24. The molecule has 0 spiro atoms. The molecule has 0 saturated heterocycles. The number of sulfonamides is 1. The third-order valence-corrected chi connectivity index (χ3v) is 5.82. The summed E-state index contributed by atoms with van der Waals surface area (Å²) in [7, 11) is -3.04. The van der Waals surface area contributed by atoms with Crippen LogP contribution < -0.4 is 10.0 Å². The van der Waals surface area contributed by atoms with Gasteiger partial charge in [0.15, 0.2) is 0 Å². The summed E-state index contributed by atoms with van der Waals surface area (Å²) >= 11 is 0. The summed E-state index contributed by atoms with van der Waals surface area (Å²) in [6, 6.07) is 0.652. The van der Waals surface area contributed by atoms with Crippen LogP contribution in [-0.4, -0.2) is 33.8 Å². The van der Waals surface area contributed by atoms with Crippen molar-refractivity contribution in [3.63, 3.8) is 0 Å². The van der Waals surface area contributed by atoms with Gasteiger partial charge in [0.05, 0.1) is 6.26 Å². The van der Waals surface area contributed by atoms with Crippen LogP contribution in [0.2, 0.25) is 0 Å². The van der Waals surface area contributed by atoms with Crippen molar-refractivity contribution in [3.05, 3.63) is 0 Å².